The Morgan fingerprint density at radius 3 is 2.57 bits per heavy atom. The minimum absolute atomic E-state index is 0.0582. The summed E-state index contributed by atoms with van der Waals surface area (Å²) in [5.41, 5.74) is 5.08. The van der Waals surface area contributed by atoms with Gasteiger partial charge in [-0.3, -0.25) is 4.79 Å². The average molecular weight is 373 g/mol. The Bertz CT molecular complexity index is 1080. The summed E-state index contributed by atoms with van der Waals surface area (Å²) in [5, 5.41) is 12.5. The Labute approximate surface area is 164 Å². The fraction of sp³-hybridized carbons (Fsp3) is 0.273. The third-order valence-electron chi connectivity index (χ3n) is 5.37. The minimum atomic E-state index is -0.233. The predicted octanol–water partition coefficient (Wildman–Crippen LogP) is 3.53. The number of aromatic nitrogens is 4. The van der Waals surface area contributed by atoms with Crippen molar-refractivity contribution < 1.29 is 4.79 Å². The molecule has 0 spiro atoms. The van der Waals surface area contributed by atoms with E-state index >= 15 is 0 Å². The van der Waals surface area contributed by atoms with Crippen LogP contribution in [0.4, 0.5) is 5.69 Å². The lowest BCUT2D eigenvalue weighted by Gasteiger charge is -2.23. The molecule has 0 bridgehead atoms. The second kappa shape index (κ2) is 6.71. The van der Waals surface area contributed by atoms with Crippen molar-refractivity contribution in [2.45, 2.75) is 32.7 Å². The van der Waals surface area contributed by atoms with Crippen molar-refractivity contribution in [1.29, 1.82) is 0 Å². The Morgan fingerprint density at radius 1 is 1.11 bits per heavy atom. The third kappa shape index (κ3) is 3.01. The second-order valence-electron chi connectivity index (χ2n) is 7.66. The molecular weight excluding hydrogens is 350 g/mol. The summed E-state index contributed by atoms with van der Waals surface area (Å²) in [5.74, 6) is 0.473. The Morgan fingerprint density at radius 2 is 1.82 bits per heavy atom. The molecule has 6 nitrogen and oxygen atoms in total. The number of allylic oxidation sites excluding steroid dienone is 2. The molecule has 142 valence electrons. The lowest BCUT2D eigenvalue weighted by atomic mass is 9.83. The van der Waals surface area contributed by atoms with E-state index in [1.54, 1.807) is 6.08 Å². The van der Waals surface area contributed by atoms with E-state index in [-0.39, 0.29) is 17.7 Å². The first-order valence-corrected chi connectivity index (χ1v) is 9.30. The van der Waals surface area contributed by atoms with E-state index in [1.165, 1.54) is 10.4 Å². The molecule has 2 heterocycles. The molecule has 28 heavy (non-hydrogen) atoms. The van der Waals surface area contributed by atoms with Gasteiger partial charge in [-0.1, -0.05) is 56.3 Å². The van der Waals surface area contributed by atoms with Crippen LogP contribution in [0.5, 0.6) is 0 Å². The Balaban J connectivity index is 1.57. The smallest absolute Gasteiger partial charge is 0.205 e. The summed E-state index contributed by atoms with van der Waals surface area (Å²) in [7, 11) is 2.00. The number of aryl methyl sites for hydroxylation is 1. The standard InChI is InChI=1S/C22H23N5O/c1-15-9-5-6-10-17(15)21-23-25-27(24-21)14-16(28)13-20-22(2,3)18-11-7-8-12-19(18)26(20)4/h5-13H,14H2,1-4H3. The van der Waals surface area contributed by atoms with Gasteiger partial charge in [0.2, 0.25) is 5.82 Å². The molecule has 0 amide bonds. The van der Waals surface area contributed by atoms with E-state index in [9.17, 15) is 4.79 Å². The third-order valence-corrected chi connectivity index (χ3v) is 5.37. The summed E-state index contributed by atoms with van der Waals surface area (Å²) < 4.78 is 0. The highest BCUT2D eigenvalue weighted by molar-refractivity contribution is 5.92. The van der Waals surface area contributed by atoms with Crippen LogP contribution in [-0.4, -0.2) is 33.0 Å². The van der Waals surface area contributed by atoms with Crippen LogP contribution >= 0.6 is 0 Å². The molecular formula is C22H23N5O. The first-order valence-electron chi connectivity index (χ1n) is 9.30. The van der Waals surface area contributed by atoms with E-state index in [1.807, 2.05) is 50.4 Å². The summed E-state index contributed by atoms with van der Waals surface area (Å²) in [4.78, 5) is 16.2. The zero-order chi connectivity index (χ0) is 19.9. The summed E-state index contributed by atoms with van der Waals surface area (Å²) >= 11 is 0. The number of carbonyl (C=O) groups excluding carboxylic acids is 1. The van der Waals surface area contributed by atoms with Crippen molar-refractivity contribution in [3.63, 3.8) is 0 Å². The van der Waals surface area contributed by atoms with Gasteiger partial charge in [0.1, 0.15) is 6.54 Å². The molecule has 0 saturated carbocycles. The Hall–Kier alpha value is -3.28. The maximum absolute atomic E-state index is 12.7. The molecule has 0 aliphatic carbocycles. The highest BCUT2D eigenvalue weighted by Crippen LogP contribution is 2.46. The molecule has 0 N–H and O–H groups in total. The SMILES string of the molecule is Cc1ccccc1-c1nnn(CC(=O)C=C2N(C)c3ccccc3C2(C)C)n1. The quantitative estimate of drug-likeness (QED) is 0.655. The second-order valence-corrected chi connectivity index (χ2v) is 7.66. The first-order chi connectivity index (χ1) is 13.4. The molecule has 0 unspecified atom stereocenters. The van der Waals surface area contributed by atoms with Gasteiger partial charge in [0.05, 0.1) is 0 Å². The molecule has 0 atom stereocenters. The number of hydrogen-bond donors (Lipinski definition) is 0. The molecule has 6 heteroatoms. The number of likely N-dealkylation sites (N-methyl/N-ethyl adjacent to an activating group) is 1. The van der Waals surface area contributed by atoms with Gasteiger partial charge in [-0.15, -0.1) is 10.2 Å². The van der Waals surface area contributed by atoms with E-state index < -0.39 is 0 Å². The molecule has 1 aromatic heterocycles. The highest BCUT2D eigenvalue weighted by atomic mass is 16.1. The fourth-order valence-electron chi connectivity index (χ4n) is 3.84. The number of ketones is 1. The topological polar surface area (TPSA) is 63.9 Å². The van der Waals surface area contributed by atoms with E-state index in [0.29, 0.717) is 5.82 Å². The monoisotopic (exact) mass is 373 g/mol. The number of carbonyl (C=O) groups is 1. The van der Waals surface area contributed by atoms with Gasteiger partial charge < -0.3 is 4.90 Å². The van der Waals surface area contributed by atoms with Crippen LogP contribution < -0.4 is 4.90 Å². The van der Waals surface area contributed by atoms with Crippen molar-refractivity contribution in [3.05, 3.63) is 71.4 Å². The van der Waals surface area contributed by atoms with Crippen LogP contribution in [-0.2, 0) is 16.8 Å². The molecule has 1 aliphatic heterocycles. The maximum atomic E-state index is 12.7. The fourth-order valence-corrected chi connectivity index (χ4v) is 3.84. The van der Waals surface area contributed by atoms with Gasteiger partial charge in [0, 0.05) is 35.5 Å². The molecule has 3 aromatic rings. The molecule has 2 aromatic carbocycles. The lowest BCUT2D eigenvalue weighted by Crippen LogP contribution is -2.25. The lowest BCUT2D eigenvalue weighted by molar-refractivity contribution is -0.115. The Kier molecular flexibility index (Phi) is 4.34. The summed E-state index contributed by atoms with van der Waals surface area (Å²) in [6, 6.07) is 16.1. The predicted molar refractivity (Wildman–Crippen MR) is 109 cm³/mol. The van der Waals surface area contributed by atoms with E-state index in [4.69, 9.17) is 0 Å². The van der Waals surface area contributed by atoms with Crippen LogP contribution in [0.25, 0.3) is 11.4 Å². The van der Waals surface area contributed by atoms with E-state index in [2.05, 4.69) is 46.3 Å². The summed E-state index contributed by atoms with van der Waals surface area (Å²) in [6.45, 7) is 6.33. The zero-order valence-corrected chi connectivity index (χ0v) is 16.5. The largest absolute Gasteiger partial charge is 0.347 e. The van der Waals surface area contributed by atoms with Gasteiger partial charge in [-0.25, -0.2) is 0 Å². The van der Waals surface area contributed by atoms with Crippen molar-refractivity contribution >= 4 is 11.5 Å². The van der Waals surface area contributed by atoms with Crippen LogP contribution in [0.2, 0.25) is 0 Å². The summed E-state index contributed by atoms with van der Waals surface area (Å²) in [6.07, 6.45) is 1.71. The number of benzene rings is 2. The number of nitrogens with zero attached hydrogens (tertiary/aromatic N) is 5. The molecule has 4 rings (SSSR count). The van der Waals surface area contributed by atoms with Gasteiger partial charge in [0.15, 0.2) is 5.78 Å². The number of tetrazole rings is 1. The number of anilines is 1. The van der Waals surface area contributed by atoms with E-state index in [0.717, 1.165) is 22.5 Å². The molecule has 0 fully saturated rings. The number of para-hydroxylation sites is 1. The molecule has 0 radical (unpaired) electrons. The highest BCUT2D eigenvalue weighted by Gasteiger charge is 2.38. The van der Waals surface area contributed by atoms with Crippen LogP contribution in [0.15, 0.2) is 60.3 Å². The van der Waals surface area contributed by atoms with Crippen LogP contribution in [0, 0.1) is 6.92 Å². The van der Waals surface area contributed by atoms with Gasteiger partial charge in [0.25, 0.3) is 0 Å². The van der Waals surface area contributed by atoms with Gasteiger partial charge in [-0.2, -0.15) is 4.80 Å². The molecule has 1 aliphatic rings. The van der Waals surface area contributed by atoms with Crippen LogP contribution in [0.1, 0.15) is 25.0 Å². The average Bonchev–Trinajstić information content (AvgIpc) is 3.20. The van der Waals surface area contributed by atoms with Gasteiger partial charge >= 0.3 is 0 Å². The van der Waals surface area contributed by atoms with Crippen molar-refractivity contribution in [3.8, 4) is 11.4 Å². The maximum Gasteiger partial charge on any atom is 0.205 e. The normalized spacial score (nSPS) is 16.4. The zero-order valence-electron chi connectivity index (χ0n) is 16.5. The van der Waals surface area contributed by atoms with Gasteiger partial charge in [-0.05, 0) is 29.3 Å². The minimum Gasteiger partial charge on any atom is -0.347 e. The number of rotatable bonds is 4. The number of fused-ring (bicyclic) bond motifs is 1. The van der Waals surface area contributed by atoms with Crippen molar-refractivity contribution in [1.82, 2.24) is 20.2 Å². The van der Waals surface area contributed by atoms with Crippen molar-refractivity contribution in [2.24, 2.45) is 0 Å². The first kappa shape index (κ1) is 18.1. The van der Waals surface area contributed by atoms with Crippen molar-refractivity contribution in [2.75, 3.05) is 11.9 Å². The number of hydrogen-bond acceptors (Lipinski definition) is 5. The van der Waals surface area contributed by atoms with Crippen LogP contribution in [0.3, 0.4) is 0 Å². The molecule has 0 saturated heterocycles.